The van der Waals surface area contributed by atoms with E-state index in [1.807, 2.05) is 0 Å². The number of hydrogen-bond acceptors (Lipinski definition) is 4. The third kappa shape index (κ3) is 3.53. The van der Waals surface area contributed by atoms with E-state index in [9.17, 15) is 20.4 Å². The molecule has 4 fully saturated rings. The Labute approximate surface area is 196 Å². The van der Waals surface area contributed by atoms with Crippen LogP contribution in [-0.2, 0) is 0 Å². The summed E-state index contributed by atoms with van der Waals surface area (Å²) in [6, 6.07) is 0. The Hall–Kier alpha value is -0.160. The quantitative estimate of drug-likeness (QED) is 0.486. The fourth-order valence-electron chi connectivity index (χ4n) is 9.29. The van der Waals surface area contributed by atoms with Crippen molar-refractivity contribution in [1.29, 1.82) is 0 Å². The van der Waals surface area contributed by atoms with Gasteiger partial charge < -0.3 is 20.4 Å². The van der Waals surface area contributed by atoms with Gasteiger partial charge in [-0.05, 0) is 85.4 Å². The molecular formula is C28H50O4. The second-order valence-electron chi connectivity index (χ2n) is 13.5. The minimum absolute atomic E-state index is 0.0519. The molecular weight excluding hydrogens is 400 g/mol. The average Bonchev–Trinajstić information content (AvgIpc) is 3.09. The van der Waals surface area contributed by atoms with E-state index in [1.165, 1.54) is 19.3 Å². The minimum Gasteiger partial charge on any atom is -0.393 e. The van der Waals surface area contributed by atoms with Crippen molar-refractivity contribution in [1.82, 2.24) is 0 Å². The SMILES string of the molecule is CC(C)[C@@H](C)CC[C@@H](C)C1CCC2C3C(CC[C@@]21C)[C@@]1(C)CC[C@H](O)C[C@]1(O)[C@H](O)[C@@H]3O. The summed E-state index contributed by atoms with van der Waals surface area (Å²) < 4.78 is 0. The fourth-order valence-corrected chi connectivity index (χ4v) is 9.29. The Kier molecular flexibility index (Phi) is 6.63. The fraction of sp³-hybridized carbons (Fsp3) is 1.00. The highest BCUT2D eigenvalue weighted by atomic mass is 16.4. The molecule has 4 rings (SSSR count). The molecule has 0 bridgehead atoms. The van der Waals surface area contributed by atoms with Gasteiger partial charge in [-0.1, -0.05) is 54.4 Å². The largest absolute Gasteiger partial charge is 0.393 e. The number of fused-ring (bicyclic) bond motifs is 5. The Morgan fingerprint density at radius 3 is 2.19 bits per heavy atom. The predicted molar refractivity (Wildman–Crippen MR) is 128 cm³/mol. The summed E-state index contributed by atoms with van der Waals surface area (Å²) in [7, 11) is 0. The summed E-state index contributed by atoms with van der Waals surface area (Å²) in [6.07, 6.45) is 6.03. The van der Waals surface area contributed by atoms with Crippen LogP contribution < -0.4 is 0 Å². The highest BCUT2D eigenvalue weighted by Crippen LogP contribution is 2.69. The van der Waals surface area contributed by atoms with Crippen molar-refractivity contribution in [3.8, 4) is 0 Å². The van der Waals surface area contributed by atoms with Crippen LogP contribution in [-0.4, -0.2) is 44.3 Å². The summed E-state index contributed by atoms with van der Waals surface area (Å²) in [5.74, 6) is 3.53. The maximum Gasteiger partial charge on any atom is 0.109 e. The van der Waals surface area contributed by atoms with E-state index in [2.05, 4.69) is 41.5 Å². The zero-order valence-corrected chi connectivity index (χ0v) is 21.4. The van der Waals surface area contributed by atoms with Gasteiger partial charge in [0.25, 0.3) is 0 Å². The molecule has 4 aliphatic carbocycles. The lowest BCUT2D eigenvalue weighted by Crippen LogP contribution is -2.73. The lowest BCUT2D eigenvalue weighted by Gasteiger charge is -2.66. The topological polar surface area (TPSA) is 80.9 Å². The van der Waals surface area contributed by atoms with E-state index >= 15 is 0 Å². The first-order chi connectivity index (χ1) is 14.9. The van der Waals surface area contributed by atoms with Crippen molar-refractivity contribution < 1.29 is 20.4 Å². The van der Waals surface area contributed by atoms with E-state index in [0.29, 0.717) is 24.2 Å². The van der Waals surface area contributed by atoms with Gasteiger partial charge in [0.1, 0.15) is 11.7 Å². The van der Waals surface area contributed by atoms with Crippen molar-refractivity contribution >= 4 is 0 Å². The highest BCUT2D eigenvalue weighted by Gasteiger charge is 2.70. The lowest BCUT2D eigenvalue weighted by molar-refractivity contribution is -0.297. The Balaban J connectivity index is 1.57. The Morgan fingerprint density at radius 1 is 0.844 bits per heavy atom. The van der Waals surface area contributed by atoms with Crippen LogP contribution in [0.15, 0.2) is 0 Å². The van der Waals surface area contributed by atoms with E-state index < -0.39 is 29.3 Å². The molecule has 0 aliphatic heterocycles. The predicted octanol–water partition coefficient (Wildman–Crippen LogP) is 4.77. The van der Waals surface area contributed by atoms with Crippen LogP contribution in [0.25, 0.3) is 0 Å². The molecule has 4 heteroatoms. The van der Waals surface area contributed by atoms with Crippen LogP contribution in [0.5, 0.6) is 0 Å². The van der Waals surface area contributed by atoms with Gasteiger partial charge in [-0.15, -0.1) is 0 Å². The molecule has 0 radical (unpaired) electrons. The van der Waals surface area contributed by atoms with Crippen LogP contribution in [0.1, 0.15) is 99.3 Å². The van der Waals surface area contributed by atoms with Gasteiger partial charge in [-0.2, -0.15) is 0 Å². The van der Waals surface area contributed by atoms with Gasteiger partial charge in [0, 0.05) is 11.8 Å². The standard InChI is InChI=1S/C28H50O4/c1-16(2)17(3)7-8-18(4)20-9-10-21-23-22(12-13-26(20,21)5)27(6)14-11-19(29)15-28(27,32)25(31)24(23)30/h16-25,29-32H,7-15H2,1-6H3/t17-,18+,19-,20?,21?,22?,23?,24+,25+,26+,27+,28-/m0/s1. The molecule has 4 aliphatic rings. The zero-order valence-electron chi connectivity index (χ0n) is 21.4. The Bertz CT molecular complexity index is 680. The number of aliphatic hydroxyl groups is 4. The van der Waals surface area contributed by atoms with Gasteiger partial charge in [-0.25, -0.2) is 0 Å². The third-order valence-electron chi connectivity index (χ3n) is 11.9. The normalized spacial score (nSPS) is 52.8. The first-order valence-corrected chi connectivity index (χ1v) is 13.6. The molecule has 4 unspecified atom stereocenters. The average molecular weight is 451 g/mol. The van der Waals surface area contributed by atoms with Crippen LogP contribution in [0.4, 0.5) is 0 Å². The monoisotopic (exact) mass is 450 g/mol. The second-order valence-corrected chi connectivity index (χ2v) is 13.5. The third-order valence-corrected chi connectivity index (χ3v) is 11.9. The van der Waals surface area contributed by atoms with E-state index in [1.54, 1.807) is 0 Å². The summed E-state index contributed by atoms with van der Waals surface area (Å²) in [5, 5.41) is 44.6. The summed E-state index contributed by atoms with van der Waals surface area (Å²) in [4.78, 5) is 0. The molecule has 0 heterocycles. The van der Waals surface area contributed by atoms with Gasteiger partial charge in [-0.3, -0.25) is 0 Å². The highest BCUT2D eigenvalue weighted by molar-refractivity contribution is 5.19. The molecule has 4 saturated carbocycles. The van der Waals surface area contributed by atoms with Crippen molar-refractivity contribution in [2.24, 2.45) is 52.3 Å². The van der Waals surface area contributed by atoms with Crippen LogP contribution in [0.2, 0.25) is 0 Å². The molecule has 12 atom stereocenters. The molecule has 0 aromatic carbocycles. The molecule has 32 heavy (non-hydrogen) atoms. The second kappa shape index (κ2) is 8.50. The molecule has 186 valence electrons. The molecule has 4 nitrogen and oxygen atoms in total. The van der Waals surface area contributed by atoms with Gasteiger partial charge >= 0.3 is 0 Å². The smallest absolute Gasteiger partial charge is 0.109 e. The van der Waals surface area contributed by atoms with Crippen LogP contribution in [0, 0.1) is 52.3 Å². The first-order valence-electron chi connectivity index (χ1n) is 13.6. The Morgan fingerprint density at radius 2 is 1.53 bits per heavy atom. The maximum atomic E-state index is 11.6. The zero-order chi connectivity index (χ0) is 23.6. The molecule has 0 spiro atoms. The van der Waals surface area contributed by atoms with Gasteiger partial charge in [0.2, 0.25) is 0 Å². The van der Waals surface area contributed by atoms with E-state index in [-0.39, 0.29) is 23.7 Å². The summed E-state index contributed by atoms with van der Waals surface area (Å²) in [5.41, 5.74) is -1.62. The number of rotatable bonds is 5. The van der Waals surface area contributed by atoms with E-state index in [0.717, 1.165) is 37.5 Å². The lowest BCUT2D eigenvalue weighted by atomic mass is 9.41. The molecule has 0 aromatic rings. The van der Waals surface area contributed by atoms with E-state index in [4.69, 9.17) is 0 Å². The summed E-state index contributed by atoms with van der Waals surface area (Å²) >= 11 is 0. The molecule has 4 N–H and O–H groups in total. The number of aliphatic hydroxyl groups excluding tert-OH is 3. The van der Waals surface area contributed by atoms with Crippen molar-refractivity contribution in [3.05, 3.63) is 0 Å². The maximum absolute atomic E-state index is 11.6. The molecule has 0 saturated heterocycles. The minimum atomic E-state index is -1.39. The van der Waals surface area contributed by atoms with Gasteiger partial charge in [0.15, 0.2) is 0 Å². The van der Waals surface area contributed by atoms with Crippen molar-refractivity contribution in [2.45, 2.75) is 123 Å². The van der Waals surface area contributed by atoms with Crippen LogP contribution in [0.3, 0.4) is 0 Å². The van der Waals surface area contributed by atoms with Crippen LogP contribution >= 0.6 is 0 Å². The first kappa shape index (κ1) is 24.9. The van der Waals surface area contributed by atoms with Crippen molar-refractivity contribution in [2.75, 3.05) is 0 Å². The van der Waals surface area contributed by atoms with Gasteiger partial charge in [0.05, 0.1) is 12.2 Å². The molecule has 0 aromatic heterocycles. The summed E-state index contributed by atoms with van der Waals surface area (Å²) in [6.45, 7) is 14.1. The van der Waals surface area contributed by atoms with Crippen molar-refractivity contribution in [3.63, 3.8) is 0 Å². The number of hydrogen-bond donors (Lipinski definition) is 4. The molecule has 0 amide bonds.